The van der Waals surface area contributed by atoms with Crippen LogP contribution in [0.1, 0.15) is 24.8 Å². The highest BCUT2D eigenvalue weighted by Gasteiger charge is 2.31. The zero-order valence-electron chi connectivity index (χ0n) is 13.3. The molecule has 0 amide bonds. The van der Waals surface area contributed by atoms with Gasteiger partial charge in [0.05, 0.1) is 12.0 Å². The standard InChI is InChI=1S/C18H21NO3S/c1-11(2)10-22-15-8-7-14(12-5-3-4-6-13(12)15)17-19-9-16(23-17)18(20)21/h3-8,11,16-17,19H,9-10H2,1-2H3,(H,20,21)/t16-,17-/m0/s1. The van der Waals surface area contributed by atoms with Crippen LogP contribution in [0.2, 0.25) is 0 Å². The highest BCUT2D eigenvalue weighted by Crippen LogP contribution is 2.40. The molecule has 2 aromatic rings. The summed E-state index contributed by atoms with van der Waals surface area (Å²) in [5, 5.41) is 14.3. The van der Waals surface area contributed by atoms with E-state index >= 15 is 0 Å². The molecule has 2 atom stereocenters. The van der Waals surface area contributed by atoms with Gasteiger partial charge in [0.1, 0.15) is 11.0 Å². The molecule has 23 heavy (non-hydrogen) atoms. The van der Waals surface area contributed by atoms with Crippen molar-refractivity contribution in [3.8, 4) is 5.75 Å². The van der Waals surface area contributed by atoms with Crippen molar-refractivity contribution < 1.29 is 14.6 Å². The molecule has 1 saturated heterocycles. The lowest BCUT2D eigenvalue weighted by Crippen LogP contribution is -2.21. The van der Waals surface area contributed by atoms with Crippen molar-refractivity contribution in [2.24, 2.45) is 5.92 Å². The van der Waals surface area contributed by atoms with Gasteiger partial charge in [-0.1, -0.05) is 44.2 Å². The van der Waals surface area contributed by atoms with Crippen LogP contribution in [-0.2, 0) is 4.79 Å². The van der Waals surface area contributed by atoms with Gasteiger partial charge in [0.25, 0.3) is 0 Å². The number of hydrogen-bond acceptors (Lipinski definition) is 4. The number of ether oxygens (including phenoxy) is 1. The Morgan fingerprint density at radius 3 is 2.70 bits per heavy atom. The second-order valence-electron chi connectivity index (χ2n) is 6.15. The van der Waals surface area contributed by atoms with Crippen molar-refractivity contribution in [3.63, 3.8) is 0 Å². The summed E-state index contributed by atoms with van der Waals surface area (Å²) in [6, 6.07) is 12.2. The lowest BCUT2D eigenvalue weighted by atomic mass is 10.0. The van der Waals surface area contributed by atoms with Gasteiger partial charge in [-0.25, -0.2) is 0 Å². The number of nitrogens with one attached hydrogen (secondary N) is 1. The number of carboxylic acid groups (broad SMARTS) is 1. The van der Waals surface area contributed by atoms with Crippen molar-refractivity contribution in [1.82, 2.24) is 5.32 Å². The Hall–Kier alpha value is -1.72. The van der Waals surface area contributed by atoms with Gasteiger partial charge in [-0.2, -0.15) is 0 Å². The molecule has 0 saturated carbocycles. The van der Waals surface area contributed by atoms with Gasteiger partial charge in [0.15, 0.2) is 0 Å². The maximum Gasteiger partial charge on any atom is 0.318 e. The van der Waals surface area contributed by atoms with E-state index in [0.717, 1.165) is 22.1 Å². The molecule has 1 aliphatic rings. The molecule has 0 aliphatic carbocycles. The third kappa shape index (κ3) is 3.46. The van der Waals surface area contributed by atoms with E-state index in [2.05, 4.69) is 31.3 Å². The average Bonchev–Trinajstić information content (AvgIpc) is 3.02. The van der Waals surface area contributed by atoms with E-state index in [0.29, 0.717) is 19.1 Å². The Morgan fingerprint density at radius 2 is 2.04 bits per heavy atom. The van der Waals surface area contributed by atoms with E-state index < -0.39 is 11.2 Å². The zero-order valence-corrected chi connectivity index (χ0v) is 14.1. The first-order chi connectivity index (χ1) is 11.1. The maximum absolute atomic E-state index is 11.2. The van der Waals surface area contributed by atoms with E-state index in [1.54, 1.807) is 0 Å². The summed E-state index contributed by atoms with van der Waals surface area (Å²) in [4.78, 5) is 11.2. The Bertz CT molecular complexity index is 716. The third-order valence-corrected chi connectivity index (χ3v) is 5.23. The smallest absolute Gasteiger partial charge is 0.318 e. The average molecular weight is 331 g/mol. The molecule has 0 aromatic heterocycles. The molecule has 0 unspecified atom stereocenters. The topological polar surface area (TPSA) is 58.6 Å². The predicted molar refractivity (Wildman–Crippen MR) is 94.0 cm³/mol. The number of rotatable bonds is 5. The lowest BCUT2D eigenvalue weighted by Gasteiger charge is -2.17. The monoisotopic (exact) mass is 331 g/mol. The molecular formula is C18H21NO3S. The summed E-state index contributed by atoms with van der Waals surface area (Å²) >= 11 is 1.46. The Morgan fingerprint density at radius 1 is 1.30 bits per heavy atom. The molecule has 4 nitrogen and oxygen atoms in total. The fourth-order valence-electron chi connectivity index (χ4n) is 2.71. The number of fused-ring (bicyclic) bond motifs is 1. The number of aliphatic carboxylic acids is 1. The van der Waals surface area contributed by atoms with E-state index in [1.165, 1.54) is 11.8 Å². The second-order valence-corrected chi connectivity index (χ2v) is 7.47. The lowest BCUT2D eigenvalue weighted by molar-refractivity contribution is -0.136. The molecule has 0 spiro atoms. The SMILES string of the molecule is CC(C)COc1ccc([C@H]2NC[C@@H](C(=O)O)S2)c2ccccc12. The normalized spacial score (nSPS) is 21.0. The van der Waals surface area contributed by atoms with Gasteiger partial charge in [-0.15, -0.1) is 11.8 Å². The van der Waals surface area contributed by atoms with Gasteiger partial charge in [-0.3, -0.25) is 10.1 Å². The van der Waals surface area contributed by atoms with E-state index in [-0.39, 0.29) is 5.37 Å². The quantitative estimate of drug-likeness (QED) is 0.875. The van der Waals surface area contributed by atoms with E-state index in [1.807, 2.05) is 24.3 Å². The van der Waals surface area contributed by atoms with E-state index in [9.17, 15) is 9.90 Å². The van der Waals surface area contributed by atoms with Crippen LogP contribution in [0.5, 0.6) is 5.75 Å². The van der Waals surface area contributed by atoms with Gasteiger partial charge in [0, 0.05) is 11.9 Å². The molecule has 3 rings (SSSR count). The Balaban J connectivity index is 1.94. The van der Waals surface area contributed by atoms with Gasteiger partial charge < -0.3 is 9.84 Å². The van der Waals surface area contributed by atoms with Crippen LogP contribution in [0.15, 0.2) is 36.4 Å². The second kappa shape index (κ2) is 6.81. The molecule has 122 valence electrons. The van der Waals surface area contributed by atoms with Gasteiger partial charge in [-0.05, 0) is 22.9 Å². The highest BCUT2D eigenvalue weighted by atomic mass is 32.2. The van der Waals surface area contributed by atoms with Gasteiger partial charge >= 0.3 is 5.97 Å². The van der Waals surface area contributed by atoms with Crippen LogP contribution in [0.3, 0.4) is 0 Å². The van der Waals surface area contributed by atoms with Crippen molar-refractivity contribution in [2.75, 3.05) is 13.2 Å². The highest BCUT2D eigenvalue weighted by molar-refractivity contribution is 8.01. The van der Waals surface area contributed by atoms with Crippen LogP contribution in [0.4, 0.5) is 0 Å². The Labute approximate surface area is 140 Å². The van der Waals surface area contributed by atoms with Crippen molar-refractivity contribution in [1.29, 1.82) is 0 Å². The number of carboxylic acids is 1. The van der Waals surface area contributed by atoms with Crippen LogP contribution < -0.4 is 10.1 Å². The largest absolute Gasteiger partial charge is 0.493 e. The minimum absolute atomic E-state index is 0.000138. The van der Waals surface area contributed by atoms with Crippen molar-refractivity contribution >= 4 is 28.5 Å². The molecule has 0 bridgehead atoms. The molecule has 1 aliphatic heterocycles. The van der Waals surface area contributed by atoms with Crippen LogP contribution in [0, 0.1) is 5.92 Å². The maximum atomic E-state index is 11.2. The number of benzene rings is 2. The molecule has 2 N–H and O–H groups in total. The first-order valence-corrected chi connectivity index (χ1v) is 8.76. The molecule has 2 aromatic carbocycles. The predicted octanol–water partition coefficient (Wildman–Crippen LogP) is 3.66. The molecule has 5 heteroatoms. The third-order valence-electron chi connectivity index (χ3n) is 3.84. The summed E-state index contributed by atoms with van der Waals surface area (Å²) in [5.74, 6) is 0.596. The summed E-state index contributed by atoms with van der Waals surface area (Å²) in [7, 11) is 0. The van der Waals surface area contributed by atoms with Crippen LogP contribution in [-0.4, -0.2) is 29.5 Å². The minimum atomic E-state index is -0.758. The first-order valence-electron chi connectivity index (χ1n) is 7.82. The van der Waals surface area contributed by atoms with Crippen molar-refractivity contribution in [2.45, 2.75) is 24.5 Å². The van der Waals surface area contributed by atoms with Crippen LogP contribution >= 0.6 is 11.8 Å². The number of carbonyl (C=O) groups is 1. The minimum Gasteiger partial charge on any atom is -0.493 e. The molecule has 0 radical (unpaired) electrons. The van der Waals surface area contributed by atoms with Crippen LogP contribution in [0.25, 0.3) is 10.8 Å². The fraction of sp³-hybridized carbons (Fsp3) is 0.389. The zero-order chi connectivity index (χ0) is 16.4. The Kier molecular flexibility index (Phi) is 4.78. The number of hydrogen-bond donors (Lipinski definition) is 2. The van der Waals surface area contributed by atoms with Gasteiger partial charge in [0.2, 0.25) is 0 Å². The molecule has 1 fully saturated rings. The van der Waals surface area contributed by atoms with E-state index in [4.69, 9.17) is 4.74 Å². The summed E-state index contributed by atoms with van der Waals surface area (Å²) in [6.07, 6.45) is 0. The number of thioether (sulfide) groups is 1. The summed E-state index contributed by atoms with van der Waals surface area (Å²) in [5.41, 5.74) is 1.12. The molecular weight excluding hydrogens is 310 g/mol. The fourth-order valence-corrected chi connectivity index (χ4v) is 3.89. The molecule has 1 heterocycles. The summed E-state index contributed by atoms with van der Waals surface area (Å²) in [6.45, 7) is 5.43. The van der Waals surface area contributed by atoms with Crippen molar-refractivity contribution in [3.05, 3.63) is 42.0 Å². The first kappa shape index (κ1) is 16.1. The summed E-state index contributed by atoms with van der Waals surface area (Å²) < 4.78 is 5.94.